The standard InChI is InChI=1S/C17H34OSi/c1-10-17(12-11-13(2)3)18-19(14(4)5,15(6)7)16(8)9/h10-16H,1-9H3/b12-11+,17-10-. The molecule has 0 unspecified atom stereocenters. The Morgan fingerprint density at radius 2 is 1.26 bits per heavy atom. The maximum atomic E-state index is 6.64. The zero-order valence-corrected chi connectivity index (χ0v) is 15.4. The largest absolute Gasteiger partial charge is 0.543 e. The molecule has 0 radical (unpaired) electrons. The Balaban J connectivity index is 5.32. The lowest BCUT2D eigenvalue weighted by Gasteiger charge is -2.42. The fourth-order valence-corrected chi connectivity index (χ4v) is 8.34. The van der Waals surface area contributed by atoms with Crippen LogP contribution >= 0.6 is 0 Å². The first-order valence-electron chi connectivity index (χ1n) is 7.71. The van der Waals surface area contributed by atoms with Gasteiger partial charge in [-0.2, -0.15) is 0 Å². The second-order valence-electron chi connectivity index (χ2n) is 6.71. The molecular weight excluding hydrogens is 248 g/mol. The topological polar surface area (TPSA) is 9.23 Å². The maximum absolute atomic E-state index is 6.64. The Bertz CT molecular complexity index is 289. The van der Waals surface area contributed by atoms with Gasteiger partial charge in [-0.05, 0) is 41.6 Å². The molecule has 0 spiro atoms. The average molecular weight is 283 g/mol. The van der Waals surface area contributed by atoms with E-state index in [1.165, 1.54) is 0 Å². The normalized spacial score (nSPS) is 14.5. The summed E-state index contributed by atoms with van der Waals surface area (Å²) in [6.45, 7) is 20.4. The van der Waals surface area contributed by atoms with Crippen LogP contribution in [0.2, 0.25) is 16.6 Å². The Morgan fingerprint density at radius 3 is 1.53 bits per heavy atom. The molecular formula is C17H34OSi. The van der Waals surface area contributed by atoms with Gasteiger partial charge in [0.05, 0.1) is 5.76 Å². The van der Waals surface area contributed by atoms with Crippen LogP contribution in [0.4, 0.5) is 0 Å². The van der Waals surface area contributed by atoms with Crippen molar-refractivity contribution in [3.63, 3.8) is 0 Å². The minimum Gasteiger partial charge on any atom is -0.543 e. The van der Waals surface area contributed by atoms with Crippen molar-refractivity contribution in [1.29, 1.82) is 0 Å². The van der Waals surface area contributed by atoms with E-state index < -0.39 is 8.32 Å². The van der Waals surface area contributed by atoms with Gasteiger partial charge < -0.3 is 4.43 Å². The summed E-state index contributed by atoms with van der Waals surface area (Å²) in [7, 11) is -1.80. The fraction of sp³-hybridized carbons (Fsp3) is 0.765. The Morgan fingerprint density at radius 1 is 0.842 bits per heavy atom. The first kappa shape index (κ1) is 18.5. The van der Waals surface area contributed by atoms with Crippen molar-refractivity contribution >= 4 is 8.32 Å². The van der Waals surface area contributed by atoms with Gasteiger partial charge >= 0.3 is 0 Å². The van der Waals surface area contributed by atoms with E-state index in [1.54, 1.807) is 0 Å². The van der Waals surface area contributed by atoms with Crippen LogP contribution in [-0.4, -0.2) is 8.32 Å². The molecule has 0 atom stereocenters. The molecule has 0 aromatic heterocycles. The van der Waals surface area contributed by atoms with E-state index >= 15 is 0 Å². The molecule has 19 heavy (non-hydrogen) atoms. The van der Waals surface area contributed by atoms with E-state index in [0.29, 0.717) is 22.5 Å². The van der Waals surface area contributed by atoms with E-state index in [-0.39, 0.29) is 0 Å². The van der Waals surface area contributed by atoms with Gasteiger partial charge in [-0.3, -0.25) is 0 Å². The Kier molecular flexibility index (Phi) is 7.72. The van der Waals surface area contributed by atoms with Gasteiger partial charge in [0.25, 0.3) is 8.32 Å². The van der Waals surface area contributed by atoms with Gasteiger partial charge in [-0.25, -0.2) is 0 Å². The summed E-state index contributed by atoms with van der Waals surface area (Å²) < 4.78 is 6.64. The summed E-state index contributed by atoms with van der Waals surface area (Å²) in [6.07, 6.45) is 6.48. The van der Waals surface area contributed by atoms with Crippen LogP contribution in [0.1, 0.15) is 62.3 Å². The summed E-state index contributed by atoms with van der Waals surface area (Å²) in [5.74, 6) is 1.61. The van der Waals surface area contributed by atoms with E-state index in [4.69, 9.17) is 4.43 Å². The zero-order chi connectivity index (χ0) is 15.2. The monoisotopic (exact) mass is 282 g/mol. The molecule has 0 saturated carbocycles. The lowest BCUT2D eigenvalue weighted by molar-refractivity contribution is 0.385. The van der Waals surface area contributed by atoms with Crippen molar-refractivity contribution < 1.29 is 4.43 Å². The van der Waals surface area contributed by atoms with Crippen LogP contribution in [0, 0.1) is 5.92 Å². The number of hydrogen-bond donors (Lipinski definition) is 0. The quantitative estimate of drug-likeness (QED) is 0.303. The van der Waals surface area contributed by atoms with Crippen molar-refractivity contribution in [2.24, 2.45) is 5.92 Å². The minimum absolute atomic E-state index is 0.562. The predicted octanol–water partition coefficient (Wildman–Crippen LogP) is 6.29. The van der Waals surface area contributed by atoms with Crippen LogP contribution < -0.4 is 0 Å². The molecule has 0 aliphatic rings. The predicted molar refractivity (Wildman–Crippen MR) is 89.9 cm³/mol. The molecule has 0 bridgehead atoms. The molecule has 0 N–H and O–H groups in total. The number of allylic oxidation sites excluding steroid dienone is 3. The van der Waals surface area contributed by atoms with E-state index in [1.807, 2.05) is 0 Å². The lowest BCUT2D eigenvalue weighted by atomic mass is 10.2. The highest BCUT2D eigenvalue weighted by Gasteiger charge is 2.47. The summed E-state index contributed by atoms with van der Waals surface area (Å²) in [5.41, 5.74) is 1.86. The summed E-state index contributed by atoms with van der Waals surface area (Å²) in [4.78, 5) is 0. The third-order valence-corrected chi connectivity index (χ3v) is 9.94. The first-order valence-corrected chi connectivity index (χ1v) is 9.85. The molecule has 0 aromatic rings. The number of rotatable bonds is 7. The van der Waals surface area contributed by atoms with E-state index in [2.05, 4.69) is 80.5 Å². The molecule has 2 heteroatoms. The molecule has 0 aliphatic heterocycles. The van der Waals surface area contributed by atoms with Gasteiger partial charge in [0.2, 0.25) is 0 Å². The SMILES string of the molecule is C/C=C(/C=C/C(C)C)O[Si](C(C)C)(C(C)C)C(C)C. The molecule has 0 aliphatic carbocycles. The lowest BCUT2D eigenvalue weighted by Crippen LogP contribution is -2.47. The van der Waals surface area contributed by atoms with E-state index in [0.717, 1.165) is 5.76 Å². The van der Waals surface area contributed by atoms with Crippen molar-refractivity contribution in [3.8, 4) is 0 Å². The van der Waals surface area contributed by atoms with Gasteiger partial charge in [-0.15, -0.1) is 0 Å². The van der Waals surface area contributed by atoms with Gasteiger partial charge in [0, 0.05) is 0 Å². The highest BCUT2D eigenvalue weighted by atomic mass is 28.4. The van der Waals surface area contributed by atoms with Gasteiger partial charge in [0.15, 0.2) is 0 Å². The third kappa shape index (κ3) is 4.83. The Hall–Kier alpha value is -0.503. The molecule has 0 aromatic carbocycles. The summed E-state index contributed by atoms with van der Waals surface area (Å²) in [5, 5.41) is 0. The number of hydrogen-bond acceptors (Lipinski definition) is 1. The molecule has 0 amide bonds. The maximum Gasteiger partial charge on any atom is 0.258 e. The van der Waals surface area contributed by atoms with Crippen molar-refractivity contribution in [3.05, 3.63) is 24.0 Å². The van der Waals surface area contributed by atoms with Crippen molar-refractivity contribution in [2.75, 3.05) is 0 Å². The minimum atomic E-state index is -1.80. The summed E-state index contributed by atoms with van der Waals surface area (Å²) >= 11 is 0. The second kappa shape index (κ2) is 7.93. The van der Waals surface area contributed by atoms with Crippen LogP contribution in [0.3, 0.4) is 0 Å². The molecule has 1 nitrogen and oxygen atoms in total. The second-order valence-corrected chi connectivity index (χ2v) is 12.1. The average Bonchev–Trinajstić information content (AvgIpc) is 2.27. The van der Waals surface area contributed by atoms with Gasteiger partial charge in [-0.1, -0.05) is 61.5 Å². The Labute approximate surface area is 122 Å². The molecule has 0 fully saturated rings. The zero-order valence-electron chi connectivity index (χ0n) is 14.4. The van der Waals surface area contributed by atoms with Crippen LogP contribution in [0.25, 0.3) is 0 Å². The highest BCUT2D eigenvalue weighted by Crippen LogP contribution is 2.43. The van der Waals surface area contributed by atoms with Crippen LogP contribution in [0.15, 0.2) is 24.0 Å². The molecule has 0 heterocycles. The van der Waals surface area contributed by atoms with Gasteiger partial charge in [0.1, 0.15) is 0 Å². The highest BCUT2D eigenvalue weighted by molar-refractivity contribution is 6.77. The molecule has 112 valence electrons. The van der Waals surface area contributed by atoms with Crippen LogP contribution in [0.5, 0.6) is 0 Å². The van der Waals surface area contributed by atoms with Crippen molar-refractivity contribution in [2.45, 2.75) is 78.9 Å². The smallest absolute Gasteiger partial charge is 0.258 e. The van der Waals surface area contributed by atoms with Crippen molar-refractivity contribution in [1.82, 2.24) is 0 Å². The molecule has 0 saturated heterocycles. The first-order chi connectivity index (χ1) is 8.68. The third-order valence-electron chi connectivity index (χ3n) is 3.93. The van der Waals surface area contributed by atoms with E-state index in [9.17, 15) is 0 Å². The molecule has 0 rings (SSSR count). The van der Waals surface area contributed by atoms with Crippen LogP contribution in [-0.2, 0) is 4.43 Å². The summed E-state index contributed by atoms with van der Waals surface area (Å²) in [6, 6.07) is 0. The fourth-order valence-electron chi connectivity index (χ4n) is 3.03.